The lowest BCUT2D eigenvalue weighted by Crippen LogP contribution is -2.54. The minimum atomic E-state index is 0.463. The van der Waals surface area contributed by atoms with Crippen molar-refractivity contribution >= 4 is 17.5 Å². The van der Waals surface area contributed by atoms with Gasteiger partial charge in [0.25, 0.3) is 0 Å². The number of hydrogen-bond donors (Lipinski definition) is 0. The minimum Gasteiger partial charge on any atom is -0.300 e. The fourth-order valence-electron chi connectivity index (χ4n) is 2.84. The number of Topliss-reactive ketones (excluding diaryl/α,β-unsaturated/α-hetero) is 1. The van der Waals surface area contributed by atoms with E-state index in [9.17, 15) is 4.79 Å². The monoisotopic (exact) mass is 247 g/mol. The Labute approximate surface area is 106 Å². The van der Waals surface area contributed by atoms with Crippen LogP contribution in [0.15, 0.2) is 30.3 Å². The summed E-state index contributed by atoms with van der Waals surface area (Å²) >= 11 is 2.01. The van der Waals surface area contributed by atoms with E-state index >= 15 is 0 Å². The summed E-state index contributed by atoms with van der Waals surface area (Å²) in [6.45, 7) is 1.00. The number of fused-ring (bicyclic) bond motifs is 2. The molecular weight excluding hydrogens is 230 g/mol. The zero-order valence-corrected chi connectivity index (χ0v) is 10.7. The van der Waals surface area contributed by atoms with Crippen LogP contribution in [0.1, 0.15) is 18.4 Å². The number of rotatable bonds is 2. The molecule has 1 aromatic rings. The van der Waals surface area contributed by atoms with E-state index in [1.165, 1.54) is 5.56 Å². The van der Waals surface area contributed by atoms with Gasteiger partial charge in [-0.05, 0) is 5.56 Å². The second-order valence-electron chi connectivity index (χ2n) is 4.95. The van der Waals surface area contributed by atoms with Gasteiger partial charge in [0.2, 0.25) is 0 Å². The highest BCUT2D eigenvalue weighted by Gasteiger charge is 2.37. The van der Waals surface area contributed by atoms with Crippen LogP contribution in [0.2, 0.25) is 0 Å². The maximum atomic E-state index is 11.6. The zero-order valence-electron chi connectivity index (χ0n) is 9.84. The quantitative estimate of drug-likeness (QED) is 0.800. The molecule has 2 nitrogen and oxygen atoms in total. The summed E-state index contributed by atoms with van der Waals surface area (Å²) in [7, 11) is 0. The van der Waals surface area contributed by atoms with Crippen LogP contribution in [0, 0.1) is 0 Å². The van der Waals surface area contributed by atoms with E-state index in [-0.39, 0.29) is 0 Å². The number of piperidine rings is 1. The van der Waals surface area contributed by atoms with Gasteiger partial charge >= 0.3 is 0 Å². The van der Waals surface area contributed by atoms with Crippen molar-refractivity contribution in [2.24, 2.45) is 0 Å². The number of thioether (sulfide) groups is 1. The Morgan fingerprint density at radius 1 is 1.12 bits per heavy atom. The number of benzene rings is 1. The molecule has 1 aromatic carbocycles. The summed E-state index contributed by atoms with van der Waals surface area (Å²) in [5.41, 5.74) is 1.36. The van der Waals surface area contributed by atoms with E-state index < -0.39 is 0 Å². The molecule has 2 bridgehead atoms. The number of ketones is 1. The van der Waals surface area contributed by atoms with Gasteiger partial charge in [-0.1, -0.05) is 30.3 Å². The molecule has 2 aliphatic heterocycles. The first kappa shape index (κ1) is 11.3. The van der Waals surface area contributed by atoms with Crippen LogP contribution in [0.5, 0.6) is 0 Å². The summed E-state index contributed by atoms with van der Waals surface area (Å²) in [6.07, 6.45) is 1.52. The van der Waals surface area contributed by atoms with Crippen LogP contribution in [-0.2, 0) is 11.3 Å². The van der Waals surface area contributed by atoms with Crippen molar-refractivity contribution in [3.8, 4) is 0 Å². The zero-order chi connectivity index (χ0) is 11.7. The highest BCUT2D eigenvalue weighted by atomic mass is 32.2. The Balaban J connectivity index is 1.76. The summed E-state index contributed by atoms with van der Waals surface area (Å²) in [4.78, 5) is 14.2. The summed E-state index contributed by atoms with van der Waals surface area (Å²) in [6, 6.07) is 11.5. The predicted molar refractivity (Wildman–Crippen MR) is 71.1 cm³/mol. The third-order valence-corrected chi connectivity index (χ3v) is 4.93. The molecule has 0 N–H and O–H groups in total. The van der Waals surface area contributed by atoms with Gasteiger partial charge in [0.05, 0.1) is 0 Å². The predicted octanol–water partition coefficient (Wildman–Crippen LogP) is 2.34. The van der Waals surface area contributed by atoms with Crippen molar-refractivity contribution in [3.63, 3.8) is 0 Å². The molecule has 2 aliphatic rings. The highest BCUT2D eigenvalue weighted by molar-refractivity contribution is 7.99. The number of hydrogen-bond acceptors (Lipinski definition) is 3. The molecule has 17 heavy (non-hydrogen) atoms. The van der Waals surface area contributed by atoms with Gasteiger partial charge in [-0.25, -0.2) is 0 Å². The minimum absolute atomic E-state index is 0.463. The molecule has 2 fully saturated rings. The van der Waals surface area contributed by atoms with Crippen molar-refractivity contribution in [2.75, 3.05) is 11.5 Å². The molecular formula is C14H17NOS. The normalized spacial score (nSPS) is 29.3. The molecule has 90 valence electrons. The fraction of sp³-hybridized carbons (Fsp3) is 0.500. The summed E-state index contributed by atoms with van der Waals surface area (Å²) in [5, 5.41) is 0. The molecule has 3 rings (SSSR count). The van der Waals surface area contributed by atoms with Crippen LogP contribution in [0.3, 0.4) is 0 Å². The first-order valence-electron chi connectivity index (χ1n) is 6.22. The third kappa shape index (κ3) is 2.40. The highest BCUT2D eigenvalue weighted by Crippen LogP contribution is 2.32. The SMILES string of the molecule is O=C1CC2CSCC(C1)N2Cc1ccccc1. The second-order valence-corrected chi connectivity index (χ2v) is 6.02. The molecule has 0 spiro atoms. The van der Waals surface area contributed by atoms with Gasteiger partial charge in [0.1, 0.15) is 5.78 Å². The Hall–Kier alpha value is -0.800. The average molecular weight is 247 g/mol. The van der Waals surface area contributed by atoms with E-state index in [4.69, 9.17) is 0 Å². The number of carbonyl (C=O) groups is 1. The average Bonchev–Trinajstić information content (AvgIpc) is 2.32. The maximum Gasteiger partial charge on any atom is 0.136 e. The van der Waals surface area contributed by atoms with E-state index in [0.29, 0.717) is 17.9 Å². The van der Waals surface area contributed by atoms with Crippen LogP contribution in [-0.4, -0.2) is 34.3 Å². The third-order valence-electron chi connectivity index (χ3n) is 3.69. The Bertz CT molecular complexity index is 390. The lowest BCUT2D eigenvalue weighted by molar-refractivity contribution is -0.125. The molecule has 0 radical (unpaired) electrons. The second kappa shape index (κ2) is 4.83. The van der Waals surface area contributed by atoms with Gasteiger partial charge < -0.3 is 0 Å². The first-order chi connectivity index (χ1) is 8.33. The van der Waals surface area contributed by atoms with Crippen molar-refractivity contribution in [1.82, 2.24) is 4.90 Å². The molecule has 0 aromatic heterocycles. The lowest BCUT2D eigenvalue weighted by atomic mass is 9.95. The Morgan fingerprint density at radius 3 is 2.41 bits per heavy atom. The van der Waals surface area contributed by atoms with E-state index in [0.717, 1.165) is 30.9 Å². The van der Waals surface area contributed by atoms with Gasteiger partial charge in [0, 0.05) is 43.0 Å². The molecule has 2 heterocycles. The van der Waals surface area contributed by atoms with Crippen molar-refractivity contribution in [2.45, 2.75) is 31.5 Å². The van der Waals surface area contributed by atoms with E-state index in [1.807, 2.05) is 11.8 Å². The number of nitrogens with zero attached hydrogens (tertiary/aromatic N) is 1. The van der Waals surface area contributed by atoms with E-state index in [1.54, 1.807) is 0 Å². The molecule has 3 heteroatoms. The molecule has 2 unspecified atom stereocenters. The van der Waals surface area contributed by atoms with Crippen LogP contribution >= 0.6 is 11.8 Å². The molecule has 0 saturated carbocycles. The van der Waals surface area contributed by atoms with Crippen LogP contribution in [0.25, 0.3) is 0 Å². The molecule has 2 saturated heterocycles. The van der Waals surface area contributed by atoms with Crippen LogP contribution < -0.4 is 0 Å². The Morgan fingerprint density at radius 2 is 1.76 bits per heavy atom. The van der Waals surface area contributed by atoms with Crippen molar-refractivity contribution in [1.29, 1.82) is 0 Å². The Kier molecular flexibility index (Phi) is 3.21. The maximum absolute atomic E-state index is 11.6. The van der Waals surface area contributed by atoms with Gasteiger partial charge in [-0.3, -0.25) is 9.69 Å². The molecule has 0 amide bonds. The van der Waals surface area contributed by atoms with E-state index in [2.05, 4.69) is 35.2 Å². The van der Waals surface area contributed by atoms with Crippen molar-refractivity contribution < 1.29 is 4.79 Å². The van der Waals surface area contributed by atoms with Crippen LogP contribution in [0.4, 0.5) is 0 Å². The summed E-state index contributed by atoms with van der Waals surface area (Å²) < 4.78 is 0. The summed E-state index contributed by atoms with van der Waals surface area (Å²) in [5.74, 6) is 2.70. The number of carbonyl (C=O) groups excluding carboxylic acids is 1. The topological polar surface area (TPSA) is 20.3 Å². The first-order valence-corrected chi connectivity index (χ1v) is 7.37. The largest absolute Gasteiger partial charge is 0.300 e. The van der Waals surface area contributed by atoms with Crippen molar-refractivity contribution in [3.05, 3.63) is 35.9 Å². The smallest absolute Gasteiger partial charge is 0.136 e. The van der Waals surface area contributed by atoms with Gasteiger partial charge in [-0.15, -0.1) is 0 Å². The lowest BCUT2D eigenvalue weighted by Gasteiger charge is -2.45. The van der Waals surface area contributed by atoms with Gasteiger partial charge in [-0.2, -0.15) is 11.8 Å². The standard InChI is InChI=1S/C14H17NOS/c16-14-6-12-9-17-10-13(7-14)15(12)8-11-4-2-1-3-5-11/h1-5,12-13H,6-10H2. The fourth-order valence-corrected chi connectivity index (χ4v) is 4.14. The van der Waals surface area contributed by atoms with Gasteiger partial charge in [0.15, 0.2) is 0 Å². The molecule has 2 atom stereocenters. The molecule has 0 aliphatic carbocycles.